The third kappa shape index (κ3) is 4.50. The number of rotatable bonds is 8. The van der Waals surface area contributed by atoms with Crippen LogP contribution in [-0.4, -0.2) is 19.7 Å². The molecule has 0 aliphatic rings. The highest BCUT2D eigenvalue weighted by Gasteiger charge is 2.16. The number of fused-ring (bicyclic) bond motifs is 1. The molecule has 28 heavy (non-hydrogen) atoms. The molecule has 0 fully saturated rings. The fraction of sp³-hybridized carbons (Fsp3) is 0.318. The summed E-state index contributed by atoms with van der Waals surface area (Å²) >= 11 is 3.52. The van der Waals surface area contributed by atoms with Crippen molar-refractivity contribution in [3.05, 3.63) is 57.8 Å². The van der Waals surface area contributed by atoms with Crippen LogP contribution in [0.15, 0.2) is 45.3 Å². The van der Waals surface area contributed by atoms with E-state index in [4.69, 9.17) is 18.6 Å². The van der Waals surface area contributed by atoms with E-state index in [0.717, 1.165) is 38.7 Å². The van der Waals surface area contributed by atoms with Crippen LogP contribution in [0, 0.1) is 0 Å². The van der Waals surface area contributed by atoms with Crippen molar-refractivity contribution in [2.75, 3.05) is 13.7 Å². The van der Waals surface area contributed by atoms with Gasteiger partial charge in [-0.05, 0) is 31.2 Å². The summed E-state index contributed by atoms with van der Waals surface area (Å²) in [6, 6.07) is 11.4. The molecule has 0 aliphatic heterocycles. The van der Waals surface area contributed by atoms with Crippen molar-refractivity contribution in [3.63, 3.8) is 0 Å². The van der Waals surface area contributed by atoms with Gasteiger partial charge >= 0.3 is 5.97 Å². The van der Waals surface area contributed by atoms with E-state index in [-0.39, 0.29) is 12.4 Å². The van der Waals surface area contributed by atoms with Crippen LogP contribution in [0.1, 0.15) is 30.7 Å². The first-order valence-electron chi connectivity index (χ1n) is 9.20. The quantitative estimate of drug-likeness (QED) is 0.430. The van der Waals surface area contributed by atoms with E-state index in [1.54, 1.807) is 20.1 Å². The van der Waals surface area contributed by atoms with Gasteiger partial charge in [0.05, 0.1) is 20.1 Å². The van der Waals surface area contributed by atoms with E-state index in [2.05, 4.69) is 15.9 Å². The summed E-state index contributed by atoms with van der Waals surface area (Å²) in [5.74, 6) is 1.87. The van der Waals surface area contributed by atoms with E-state index < -0.39 is 0 Å². The van der Waals surface area contributed by atoms with Gasteiger partial charge in [0.2, 0.25) is 0 Å². The van der Waals surface area contributed by atoms with Gasteiger partial charge in [0.15, 0.2) is 0 Å². The first-order chi connectivity index (χ1) is 13.5. The fourth-order valence-electron chi connectivity index (χ4n) is 3.08. The maximum absolute atomic E-state index is 11.9. The van der Waals surface area contributed by atoms with Crippen molar-refractivity contribution < 1.29 is 23.4 Å². The number of hydrogen-bond donors (Lipinski definition) is 0. The second-order valence-electron chi connectivity index (χ2n) is 6.24. The third-order valence-electron chi connectivity index (χ3n) is 4.44. The van der Waals surface area contributed by atoms with Crippen molar-refractivity contribution in [2.45, 2.75) is 33.3 Å². The molecular weight excluding hydrogens is 424 g/mol. The lowest BCUT2D eigenvalue weighted by Crippen LogP contribution is -2.09. The Bertz CT molecular complexity index is 976. The molecule has 6 heteroatoms. The van der Waals surface area contributed by atoms with Crippen LogP contribution < -0.4 is 9.47 Å². The van der Waals surface area contributed by atoms with Gasteiger partial charge in [0.1, 0.15) is 29.4 Å². The molecule has 0 atom stereocenters. The number of methoxy groups -OCH3 is 1. The molecule has 0 bridgehead atoms. The maximum Gasteiger partial charge on any atom is 0.310 e. The zero-order valence-electron chi connectivity index (χ0n) is 16.2. The van der Waals surface area contributed by atoms with Gasteiger partial charge in [0.25, 0.3) is 0 Å². The molecule has 5 nitrogen and oxygen atoms in total. The van der Waals surface area contributed by atoms with Gasteiger partial charge in [-0.15, -0.1) is 0 Å². The zero-order valence-corrected chi connectivity index (χ0v) is 17.8. The Morgan fingerprint density at radius 1 is 1.14 bits per heavy atom. The molecule has 0 unspecified atom stereocenters. The van der Waals surface area contributed by atoms with Crippen molar-refractivity contribution in [1.29, 1.82) is 0 Å². The van der Waals surface area contributed by atoms with Crippen molar-refractivity contribution in [1.82, 2.24) is 0 Å². The molecule has 2 aromatic carbocycles. The highest BCUT2D eigenvalue weighted by atomic mass is 79.9. The van der Waals surface area contributed by atoms with Crippen molar-refractivity contribution >= 4 is 32.9 Å². The van der Waals surface area contributed by atoms with Crippen LogP contribution in [-0.2, 0) is 29.0 Å². The van der Waals surface area contributed by atoms with Crippen molar-refractivity contribution in [2.24, 2.45) is 0 Å². The molecule has 0 amide bonds. The standard InChI is InChI=1S/C22H23BrO5/c1-4-19-18(17-11-15(23)7-9-20(17)28-19)13-27-21-12-16(25-3)8-6-14(21)10-22(24)26-5-2/h6-9,11-12H,4-5,10,13H2,1-3H3. The van der Waals surface area contributed by atoms with E-state index >= 15 is 0 Å². The van der Waals surface area contributed by atoms with E-state index in [9.17, 15) is 4.79 Å². The van der Waals surface area contributed by atoms with Gasteiger partial charge in [0, 0.05) is 33.5 Å². The van der Waals surface area contributed by atoms with Crippen LogP contribution in [0.25, 0.3) is 11.0 Å². The predicted molar refractivity (Wildman–Crippen MR) is 111 cm³/mol. The minimum atomic E-state index is -0.288. The second kappa shape index (κ2) is 9.15. The first-order valence-corrected chi connectivity index (χ1v) is 10.00. The third-order valence-corrected chi connectivity index (χ3v) is 4.94. The summed E-state index contributed by atoms with van der Waals surface area (Å²) in [7, 11) is 1.60. The van der Waals surface area contributed by atoms with Gasteiger partial charge in [-0.1, -0.05) is 28.9 Å². The number of halogens is 1. The second-order valence-corrected chi connectivity index (χ2v) is 7.16. The van der Waals surface area contributed by atoms with E-state index in [1.807, 2.05) is 37.3 Å². The Kier molecular flexibility index (Phi) is 6.62. The maximum atomic E-state index is 11.9. The SMILES string of the molecule is CCOC(=O)Cc1ccc(OC)cc1OCc1c(CC)oc2ccc(Br)cc12. The number of ether oxygens (including phenoxy) is 3. The Hall–Kier alpha value is -2.47. The smallest absolute Gasteiger partial charge is 0.310 e. The molecule has 0 radical (unpaired) electrons. The number of benzene rings is 2. The lowest BCUT2D eigenvalue weighted by atomic mass is 10.1. The largest absolute Gasteiger partial charge is 0.497 e. The molecule has 0 N–H and O–H groups in total. The van der Waals surface area contributed by atoms with Gasteiger partial charge < -0.3 is 18.6 Å². The summed E-state index contributed by atoms with van der Waals surface area (Å²) in [5.41, 5.74) is 2.59. The summed E-state index contributed by atoms with van der Waals surface area (Å²) in [4.78, 5) is 11.9. The molecule has 3 aromatic rings. The van der Waals surface area contributed by atoms with Crippen LogP contribution in [0.2, 0.25) is 0 Å². The van der Waals surface area contributed by atoms with Gasteiger partial charge in [-0.2, -0.15) is 0 Å². The van der Waals surface area contributed by atoms with Gasteiger partial charge in [-0.3, -0.25) is 4.79 Å². The number of esters is 1. The van der Waals surface area contributed by atoms with Crippen LogP contribution in [0.4, 0.5) is 0 Å². The van der Waals surface area contributed by atoms with Crippen LogP contribution in [0.3, 0.4) is 0 Å². The Morgan fingerprint density at radius 3 is 2.68 bits per heavy atom. The molecule has 1 heterocycles. The highest BCUT2D eigenvalue weighted by Crippen LogP contribution is 2.32. The van der Waals surface area contributed by atoms with Gasteiger partial charge in [-0.25, -0.2) is 0 Å². The summed E-state index contributed by atoms with van der Waals surface area (Å²) in [6.07, 6.45) is 0.907. The number of carbonyl (C=O) groups excluding carboxylic acids is 1. The van der Waals surface area contributed by atoms with Crippen LogP contribution in [0.5, 0.6) is 11.5 Å². The molecule has 3 rings (SSSR count). The average molecular weight is 447 g/mol. The topological polar surface area (TPSA) is 57.9 Å². The zero-order chi connectivity index (χ0) is 20.1. The summed E-state index contributed by atoms with van der Waals surface area (Å²) < 4.78 is 23.5. The van der Waals surface area contributed by atoms with Crippen molar-refractivity contribution in [3.8, 4) is 11.5 Å². The highest BCUT2D eigenvalue weighted by molar-refractivity contribution is 9.10. The minimum Gasteiger partial charge on any atom is -0.497 e. The Balaban J connectivity index is 1.90. The molecule has 0 saturated carbocycles. The molecule has 0 saturated heterocycles. The van der Waals surface area contributed by atoms with Crippen LogP contribution >= 0.6 is 15.9 Å². The number of aryl methyl sites for hydroxylation is 1. The molecule has 0 spiro atoms. The first kappa shape index (κ1) is 20.3. The lowest BCUT2D eigenvalue weighted by Gasteiger charge is -2.13. The number of furan rings is 1. The molecule has 0 aliphatic carbocycles. The normalized spacial score (nSPS) is 10.9. The molecule has 1 aromatic heterocycles. The minimum absolute atomic E-state index is 0.144. The summed E-state index contributed by atoms with van der Waals surface area (Å²) in [6.45, 7) is 4.52. The number of hydrogen-bond acceptors (Lipinski definition) is 5. The predicted octanol–water partition coefficient (Wildman–Crippen LogP) is 5.45. The molecular formula is C22H23BrO5. The van der Waals surface area contributed by atoms with E-state index in [0.29, 0.717) is 24.7 Å². The molecule has 148 valence electrons. The van der Waals surface area contributed by atoms with E-state index in [1.165, 1.54) is 0 Å². The summed E-state index contributed by atoms with van der Waals surface area (Å²) in [5, 5.41) is 1.01. The monoisotopic (exact) mass is 446 g/mol. The lowest BCUT2D eigenvalue weighted by molar-refractivity contribution is -0.142. The Morgan fingerprint density at radius 2 is 1.96 bits per heavy atom. The fourth-order valence-corrected chi connectivity index (χ4v) is 3.44. The number of carbonyl (C=O) groups is 1. The average Bonchev–Trinajstić information content (AvgIpc) is 3.04. The Labute approximate surface area is 172 Å².